The number of hydrogen-bond acceptors (Lipinski definition) is 3. The first kappa shape index (κ1) is 14.1. The Hall–Kier alpha value is -0.870. The van der Waals surface area contributed by atoms with E-state index in [1.165, 1.54) is 0 Å². The summed E-state index contributed by atoms with van der Waals surface area (Å²) in [6.07, 6.45) is 3.28. The van der Waals surface area contributed by atoms with Crippen LogP contribution in [0.4, 0.5) is 0 Å². The number of allylic oxidation sites excluding steroid dienone is 1. The van der Waals surface area contributed by atoms with E-state index in [0.717, 1.165) is 0 Å². The molecule has 4 heteroatoms. The maximum atomic E-state index is 11.2. The third kappa shape index (κ3) is 8.15. The average Bonchev–Trinajstić information content (AvgIpc) is 2.21. The standard InChI is InChI=1S/C11H21NO3/c1-4-5-6-10(13)12-9-11(2,14)7-8-15-3/h4,14H,1,5-9H2,2-3H3,(H,12,13). The van der Waals surface area contributed by atoms with Gasteiger partial charge in [0.1, 0.15) is 0 Å². The summed E-state index contributed by atoms with van der Waals surface area (Å²) in [6, 6.07) is 0. The second-order valence-electron chi connectivity index (χ2n) is 3.84. The Balaban J connectivity index is 3.71. The maximum Gasteiger partial charge on any atom is 0.220 e. The zero-order chi connectivity index (χ0) is 11.7. The minimum Gasteiger partial charge on any atom is -0.388 e. The second kappa shape index (κ2) is 7.43. The molecule has 0 aromatic heterocycles. The number of rotatable bonds is 8. The molecule has 0 aliphatic rings. The van der Waals surface area contributed by atoms with Gasteiger partial charge in [-0.05, 0) is 13.3 Å². The summed E-state index contributed by atoms with van der Waals surface area (Å²) >= 11 is 0. The number of carbonyl (C=O) groups excluding carboxylic acids is 1. The molecule has 1 unspecified atom stereocenters. The van der Waals surface area contributed by atoms with Gasteiger partial charge in [-0.15, -0.1) is 6.58 Å². The van der Waals surface area contributed by atoms with E-state index in [2.05, 4.69) is 11.9 Å². The van der Waals surface area contributed by atoms with Crippen molar-refractivity contribution in [2.24, 2.45) is 0 Å². The minimum absolute atomic E-state index is 0.0624. The Morgan fingerprint density at radius 1 is 1.67 bits per heavy atom. The highest BCUT2D eigenvalue weighted by Crippen LogP contribution is 2.07. The fourth-order valence-electron chi connectivity index (χ4n) is 1.02. The molecule has 0 aliphatic carbocycles. The molecule has 0 aliphatic heterocycles. The van der Waals surface area contributed by atoms with Crippen molar-refractivity contribution < 1.29 is 14.6 Å². The Bertz CT molecular complexity index is 202. The van der Waals surface area contributed by atoms with Gasteiger partial charge in [0.05, 0.1) is 5.60 Å². The van der Waals surface area contributed by atoms with Crippen LogP contribution in [0.1, 0.15) is 26.2 Å². The first-order valence-corrected chi connectivity index (χ1v) is 5.11. The summed E-state index contributed by atoms with van der Waals surface area (Å²) in [5, 5.41) is 12.5. The van der Waals surface area contributed by atoms with Gasteiger partial charge in [-0.1, -0.05) is 6.08 Å². The Labute approximate surface area is 91.3 Å². The predicted molar refractivity (Wildman–Crippen MR) is 59.6 cm³/mol. The quantitative estimate of drug-likeness (QED) is 0.590. The number of nitrogens with one attached hydrogen (secondary N) is 1. The number of amides is 1. The van der Waals surface area contributed by atoms with Crippen molar-refractivity contribution in [2.75, 3.05) is 20.3 Å². The lowest BCUT2D eigenvalue weighted by Gasteiger charge is -2.23. The molecule has 0 fully saturated rings. The summed E-state index contributed by atoms with van der Waals surface area (Å²) < 4.78 is 4.86. The van der Waals surface area contributed by atoms with Crippen molar-refractivity contribution in [3.05, 3.63) is 12.7 Å². The third-order valence-corrected chi connectivity index (χ3v) is 2.09. The van der Waals surface area contributed by atoms with Crippen LogP contribution in [0.25, 0.3) is 0 Å². The first-order chi connectivity index (χ1) is 7.02. The van der Waals surface area contributed by atoms with Crippen molar-refractivity contribution in [1.29, 1.82) is 0 Å². The van der Waals surface area contributed by atoms with Gasteiger partial charge < -0.3 is 15.2 Å². The van der Waals surface area contributed by atoms with Gasteiger partial charge >= 0.3 is 0 Å². The number of hydrogen-bond donors (Lipinski definition) is 2. The van der Waals surface area contributed by atoms with Crippen LogP contribution in [0, 0.1) is 0 Å². The number of carbonyl (C=O) groups is 1. The minimum atomic E-state index is -0.903. The molecule has 0 rings (SSSR count). The molecular formula is C11H21NO3. The second-order valence-corrected chi connectivity index (χ2v) is 3.84. The summed E-state index contributed by atoms with van der Waals surface area (Å²) in [4.78, 5) is 11.2. The van der Waals surface area contributed by atoms with E-state index in [0.29, 0.717) is 25.9 Å². The van der Waals surface area contributed by atoms with E-state index in [9.17, 15) is 9.90 Å². The fraction of sp³-hybridized carbons (Fsp3) is 0.727. The topological polar surface area (TPSA) is 58.6 Å². The number of aliphatic hydroxyl groups is 1. The largest absolute Gasteiger partial charge is 0.388 e. The van der Waals surface area contributed by atoms with Crippen molar-refractivity contribution in [2.45, 2.75) is 31.8 Å². The zero-order valence-corrected chi connectivity index (χ0v) is 9.58. The normalized spacial score (nSPS) is 14.3. The highest BCUT2D eigenvalue weighted by atomic mass is 16.5. The Morgan fingerprint density at radius 2 is 2.33 bits per heavy atom. The van der Waals surface area contributed by atoms with Gasteiger partial charge in [0.2, 0.25) is 5.91 Å². The molecule has 0 radical (unpaired) electrons. The SMILES string of the molecule is C=CCCC(=O)NCC(C)(O)CCOC. The smallest absolute Gasteiger partial charge is 0.220 e. The van der Waals surface area contributed by atoms with Crippen LogP contribution in [0.2, 0.25) is 0 Å². The Kier molecular flexibility index (Phi) is 6.99. The maximum absolute atomic E-state index is 11.2. The predicted octanol–water partition coefficient (Wildman–Crippen LogP) is 0.856. The van der Waals surface area contributed by atoms with Crippen molar-refractivity contribution in [1.82, 2.24) is 5.32 Å². The number of ether oxygens (including phenoxy) is 1. The van der Waals surface area contributed by atoms with Gasteiger partial charge in [-0.25, -0.2) is 0 Å². The van der Waals surface area contributed by atoms with E-state index in [-0.39, 0.29) is 12.5 Å². The van der Waals surface area contributed by atoms with Crippen LogP contribution in [-0.2, 0) is 9.53 Å². The monoisotopic (exact) mass is 215 g/mol. The van der Waals surface area contributed by atoms with Crippen molar-refractivity contribution >= 4 is 5.91 Å². The fourth-order valence-corrected chi connectivity index (χ4v) is 1.02. The van der Waals surface area contributed by atoms with Crippen LogP contribution in [0.5, 0.6) is 0 Å². The lowest BCUT2D eigenvalue weighted by molar-refractivity contribution is -0.122. The van der Waals surface area contributed by atoms with E-state index in [4.69, 9.17) is 4.74 Å². The molecule has 15 heavy (non-hydrogen) atoms. The van der Waals surface area contributed by atoms with Crippen LogP contribution < -0.4 is 5.32 Å². The Morgan fingerprint density at radius 3 is 2.87 bits per heavy atom. The van der Waals surface area contributed by atoms with Gasteiger partial charge in [-0.3, -0.25) is 4.79 Å². The molecule has 0 spiro atoms. The molecule has 4 nitrogen and oxygen atoms in total. The summed E-state index contributed by atoms with van der Waals surface area (Å²) in [5.41, 5.74) is -0.903. The molecule has 0 bridgehead atoms. The van der Waals surface area contributed by atoms with Crippen molar-refractivity contribution in [3.63, 3.8) is 0 Å². The van der Waals surface area contributed by atoms with Crippen LogP contribution in [0.3, 0.4) is 0 Å². The summed E-state index contributed by atoms with van der Waals surface area (Å²) in [7, 11) is 1.58. The van der Waals surface area contributed by atoms with Crippen molar-refractivity contribution in [3.8, 4) is 0 Å². The first-order valence-electron chi connectivity index (χ1n) is 5.11. The molecule has 0 aromatic carbocycles. The molecule has 2 N–H and O–H groups in total. The van der Waals surface area contributed by atoms with E-state index in [1.807, 2.05) is 0 Å². The van der Waals surface area contributed by atoms with Gasteiger partial charge in [-0.2, -0.15) is 0 Å². The molecular weight excluding hydrogens is 194 g/mol. The third-order valence-electron chi connectivity index (χ3n) is 2.09. The average molecular weight is 215 g/mol. The highest BCUT2D eigenvalue weighted by molar-refractivity contribution is 5.76. The lowest BCUT2D eigenvalue weighted by atomic mass is 10.0. The van der Waals surface area contributed by atoms with Crippen LogP contribution in [-0.4, -0.2) is 36.9 Å². The van der Waals surface area contributed by atoms with Crippen LogP contribution in [0.15, 0.2) is 12.7 Å². The highest BCUT2D eigenvalue weighted by Gasteiger charge is 2.20. The summed E-state index contributed by atoms with van der Waals surface area (Å²) in [6.45, 7) is 5.95. The van der Waals surface area contributed by atoms with Gasteiger partial charge in [0.15, 0.2) is 0 Å². The lowest BCUT2D eigenvalue weighted by Crippen LogP contribution is -2.41. The molecule has 1 atom stereocenters. The molecule has 0 saturated heterocycles. The van der Waals surface area contributed by atoms with E-state index < -0.39 is 5.60 Å². The molecule has 88 valence electrons. The van der Waals surface area contributed by atoms with E-state index in [1.54, 1.807) is 20.1 Å². The van der Waals surface area contributed by atoms with Crippen LogP contribution >= 0.6 is 0 Å². The van der Waals surface area contributed by atoms with E-state index >= 15 is 0 Å². The molecule has 0 heterocycles. The summed E-state index contributed by atoms with van der Waals surface area (Å²) in [5.74, 6) is -0.0624. The van der Waals surface area contributed by atoms with Gasteiger partial charge in [0.25, 0.3) is 0 Å². The zero-order valence-electron chi connectivity index (χ0n) is 9.58. The molecule has 0 aromatic rings. The number of methoxy groups -OCH3 is 1. The molecule has 1 amide bonds. The molecule has 0 saturated carbocycles. The van der Waals surface area contributed by atoms with Gasteiger partial charge in [0, 0.05) is 33.1 Å².